The van der Waals surface area contributed by atoms with Gasteiger partial charge in [0.1, 0.15) is 0 Å². The average molecular weight is 331 g/mol. The van der Waals surface area contributed by atoms with E-state index in [1.54, 1.807) is 33.0 Å². The normalized spacial score (nSPS) is 12.9. The lowest BCUT2D eigenvalue weighted by Gasteiger charge is -2.24. The molecule has 1 rings (SSSR count). The zero-order valence-corrected chi connectivity index (χ0v) is 13.4. The van der Waals surface area contributed by atoms with E-state index in [0.717, 1.165) is 12.1 Å². The molecule has 0 radical (unpaired) electrons. The number of carbonyl (C=O) groups is 2. The molecule has 1 N–H and O–H groups in total. The largest absolute Gasteiger partial charge is 0.416 e. The zero-order valence-electron chi connectivity index (χ0n) is 13.4. The summed E-state index contributed by atoms with van der Waals surface area (Å²) in [5, 5.41) is 2.53. The number of carbonyl (C=O) groups excluding carboxylic acids is 2. The first-order chi connectivity index (χ1) is 10.5. The van der Waals surface area contributed by atoms with Crippen molar-refractivity contribution >= 4 is 17.5 Å². The highest BCUT2D eigenvalue weighted by Crippen LogP contribution is 2.29. The standard InChI is InChI=1S/C15H20F3N3O2/c1-10(21(4)9-13(22)20(2)3)14(23)19-12-7-5-11(6-8-12)15(16,17)18/h5-8,10H,9H2,1-4H3,(H,19,23)/t10-/m0/s1. The van der Waals surface area contributed by atoms with Crippen molar-refractivity contribution < 1.29 is 22.8 Å². The second-order valence-corrected chi connectivity index (χ2v) is 5.44. The Kier molecular flexibility index (Phi) is 6.14. The van der Waals surface area contributed by atoms with Crippen LogP contribution in [0.15, 0.2) is 24.3 Å². The molecule has 0 fully saturated rings. The Morgan fingerprint density at radius 3 is 2.09 bits per heavy atom. The number of hydrogen-bond donors (Lipinski definition) is 1. The summed E-state index contributed by atoms with van der Waals surface area (Å²) in [5.41, 5.74) is -0.514. The number of hydrogen-bond acceptors (Lipinski definition) is 3. The van der Waals surface area contributed by atoms with Crippen molar-refractivity contribution in [2.75, 3.05) is 33.0 Å². The van der Waals surface area contributed by atoms with Crippen molar-refractivity contribution in [3.05, 3.63) is 29.8 Å². The second-order valence-electron chi connectivity index (χ2n) is 5.44. The summed E-state index contributed by atoms with van der Waals surface area (Å²) in [6.07, 6.45) is -4.41. The van der Waals surface area contributed by atoms with Crippen LogP contribution in [0.5, 0.6) is 0 Å². The summed E-state index contributed by atoms with van der Waals surface area (Å²) < 4.78 is 37.4. The van der Waals surface area contributed by atoms with E-state index in [9.17, 15) is 22.8 Å². The van der Waals surface area contributed by atoms with Crippen molar-refractivity contribution in [3.63, 3.8) is 0 Å². The Labute approximate surface area is 133 Å². The molecule has 0 aliphatic carbocycles. The van der Waals surface area contributed by atoms with E-state index in [1.807, 2.05) is 0 Å². The van der Waals surface area contributed by atoms with Gasteiger partial charge in [0.25, 0.3) is 0 Å². The van der Waals surface area contributed by atoms with Gasteiger partial charge in [-0.2, -0.15) is 13.2 Å². The highest BCUT2D eigenvalue weighted by molar-refractivity contribution is 5.94. The second kappa shape index (κ2) is 7.45. The molecule has 5 nitrogen and oxygen atoms in total. The molecular weight excluding hydrogens is 311 g/mol. The van der Waals surface area contributed by atoms with E-state index in [2.05, 4.69) is 5.32 Å². The van der Waals surface area contributed by atoms with Crippen molar-refractivity contribution in [2.24, 2.45) is 0 Å². The summed E-state index contributed by atoms with van der Waals surface area (Å²) in [6, 6.07) is 3.58. The topological polar surface area (TPSA) is 52.7 Å². The van der Waals surface area contributed by atoms with Gasteiger partial charge in [0, 0.05) is 19.8 Å². The third-order valence-corrected chi connectivity index (χ3v) is 3.40. The van der Waals surface area contributed by atoms with E-state index in [0.29, 0.717) is 0 Å². The molecular formula is C15H20F3N3O2. The molecule has 0 unspecified atom stereocenters. The molecule has 2 amide bonds. The summed E-state index contributed by atoms with van der Waals surface area (Å²) in [4.78, 5) is 26.7. The Morgan fingerprint density at radius 2 is 1.65 bits per heavy atom. The maximum Gasteiger partial charge on any atom is 0.416 e. The van der Waals surface area contributed by atoms with Gasteiger partial charge >= 0.3 is 6.18 Å². The van der Waals surface area contributed by atoms with Crippen LogP contribution in [-0.4, -0.2) is 55.3 Å². The third kappa shape index (κ3) is 5.55. The summed E-state index contributed by atoms with van der Waals surface area (Å²) >= 11 is 0. The molecule has 8 heteroatoms. The highest BCUT2D eigenvalue weighted by atomic mass is 19.4. The number of amides is 2. The molecule has 0 aliphatic rings. The van der Waals surface area contributed by atoms with Gasteiger partial charge in [-0.15, -0.1) is 0 Å². The van der Waals surface area contributed by atoms with Gasteiger partial charge in [-0.1, -0.05) is 0 Å². The number of nitrogens with one attached hydrogen (secondary N) is 1. The number of alkyl halides is 3. The van der Waals surface area contributed by atoms with Crippen LogP contribution in [0.4, 0.5) is 18.9 Å². The Bertz CT molecular complexity index is 556. The minimum atomic E-state index is -4.41. The Balaban J connectivity index is 2.66. The zero-order chi connectivity index (χ0) is 17.8. The number of halogens is 3. The summed E-state index contributed by atoms with van der Waals surface area (Å²) in [7, 11) is 4.85. The molecule has 0 saturated carbocycles. The van der Waals surface area contributed by atoms with Crippen molar-refractivity contribution in [1.29, 1.82) is 0 Å². The Hall–Kier alpha value is -2.09. The lowest BCUT2D eigenvalue weighted by Crippen LogP contribution is -2.44. The fraction of sp³-hybridized carbons (Fsp3) is 0.467. The molecule has 1 aromatic rings. The lowest BCUT2D eigenvalue weighted by atomic mass is 10.2. The van der Waals surface area contributed by atoms with E-state index in [1.165, 1.54) is 17.0 Å². The van der Waals surface area contributed by atoms with Crippen LogP contribution in [0.3, 0.4) is 0 Å². The summed E-state index contributed by atoms with van der Waals surface area (Å²) in [6.45, 7) is 1.68. The number of likely N-dealkylation sites (N-methyl/N-ethyl adjacent to an activating group) is 2. The highest BCUT2D eigenvalue weighted by Gasteiger charge is 2.30. The molecule has 1 atom stereocenters. The van der Waals surface area contributed by atoms with E-state index in [-0.39, 0.29) is 18.1 Å². The first kappa shape index (κ1) is 19.0. The molecule has 1 aromatic carbocycles. The Morgan fingerprint density at radius 1 is 1.13 bits per heavy atom. The minimum absolute atomic E-state index is 0.0641. The maximum absolute atomic E-state index is 12.5. The fourth-order valence-electron chi connectivity index (χ4n) is 1.68. The average Bonchev–Trinajstić information content (AvgIpc) is 2.45. The van der Waals surface area contributed by atoms with Crippen molar-refractivity contribution in [3.8, 4) is 0 Å². The first-order valence-electron chi connectivity index (χ1n) is 6.91. The van der Waals surface area contributed by atoms with Gasteiger partial charge in [0.15, 0.2) is 0 Å². The van der Waals surface area contributed by atoms with E-state index >= 15 is 0 Å². The number of rotatable bonds is 5. The van der Waals surface area contributed by atoms with Gasteiger partial charge < -0.3 is 10.2 Å². The van der Waals surface area contributed by atoms with E-state index < -0.39 is 23.7 Å². The van der Waals surface area contributed by atoms with Gasteiger partial charge in [-0.25, -0.2) is 0 Å². The van der Waals surface area contributed by atoms with Crippen molar-refractivity contribution in [2.45, 2.75) is 19.1 Å². The molecule has 128 valence electrons. The van der Waals surface area contributed by atoms with Crippen molar-refractivity contribution in [1.82, 2.24) is 9.80 Å². The van der Waals surface area contributed by atoms with Crippen LogP contribution >= 0.6 is 0 Å². The predicted molar refractivity (Wildman–Crippen MR) is 80.9 cm³/mol. The van der Waals surface area contributed by atoms with Crippen LogP contribution in [0.2, 0.25) is 0 Å². The van der Waals surface area contributed by atoms with E-state index in [4.69, 9.17) is 0 Å². The van der Waals surface area contributed by atoms with Crippen LogP contribution in [0.1, 0.15) is 12.5 Å². The maximum atomic E-state index is 12.5. The molecule has 0 heterocycles. The molecule has 0 aliphatic heterocycles. The van der Waals surface area contributed by atoms with Gasteiger partial charge in [-0.3, -0.25) is 14.5 Å². The smallest absolute Gasteiger partial charge is 0.348 e. The number of benzene rings is 1. The summed E-state index contributed by atoms with van der Waals surface area (Å²) in [5.74, 6) is -0.555. The lowest BCUT2D eigenvalue weighted by molar-refractivity contribution is -0.137. The molecule has 0 bridgehead atoms. The van der Waals surface area contributed by atoms with Crippen LogP contribution < -0.4 is 5.32 Å². The van der Waals surface area contributed by atoms with Crippen LogP contribution in [-0.2, 0) is 15.8 Å². The first-order valence-corrected chi connectivity index (χ1v) is 6.91. The monoisotopic (exact) mass is 331 g/mol. The van der Waals surface area contributed by atoms with Gasteiger partial charge in [-0.05, 0) is 38.2 Å². The SMILES string of the molecule is C[C@@H](C(=O)Nc1ccc(C(F)(F)F)cc1)N(C)CC(=O)N(C)C. The minimum Gasteiger partial charge on any atom is -0.348 e. The molecule has 0 aromatic heterocycles. The van der Waals surface area contributed by atoms with Crippen LogP contribution in [0.25, 0.3) is 0 Å². The molecule has 0 spiro atoms. The van der Waals surface area contributed by atoms with Gasteiger partial charge in [0.05, 0.1) is 18.2 Å². The number of nitrogens with zero attached hydrogens (tertiary/aromatic N) is 2. The predicted octanol–water partition coefficient (Wildman–Crippen LogP) is 2.05. The molecule has 23 heavy (non-hydrogen) atoms. The third-order valence-electron chi connectivity index (χ3n) is 3.40. The molecule has 0 saturated heterocycles. The number of anilines is 1. The quantitative estimate of drug-likeness (QED) is 0.898. The fourth-order valence-corrected chi connectivity index (χ4v) is 1.68. The van der Waals surface area contributed by atoms with Crippen LogP contribution in [0, 0.1) is 0 Å². The van der Waals surface area contributed by atoms with Gasteiger partial charge in [0.2, 0.25) is 11.8 Å².